The van der Waals surface area contributed by atoms with E-state index in [2.05, 4.69) is 18.3 Å². The van der Waals surface area contributed by atoms with E-state index in [1.165, 1.54) is 48.8 Å². The first kappa shape index (κ1) is 22.1. The molecule has 0 amide bonds. The third kappa shape index (κ3) is 4.32. The highest BCUT2D eigenvalue weighted by Gasteiger charge is 2.32. The highest BCUT2D eigenvalue weighted by Crippen LogP contribution is 2.28. The molecular formula is C20H18N4O8S. The molecule has 2 heterocycles. The summed E-state index contributed by atoms with van der Waals surface area (Å²) in [5.41, 5.74) is 13.0. The minimum atomic E-state index is -5.13. The van der Waals surface area contributed by atoms with Crippen LogP contribution in [0.25, 0.3) is 21.8 Å². The Morgan fingerprint density at radius 3 is 1.58 bits per heavy atom. The van der Waals surface area contributed by atoms with Crippen LogP contribution >= 0.6 is 0 Å². The van der Waals surface area contributed by atoms with Gasteiger partial charge in [0.05, 0.1) is 0 Å². The number of aromatic nitrogens is 2. The molecule has 0 aliphatic carbocycles. The number of aromatic amines is 2. The van der Waals surface area contributed by atoms with Gasteiger partial charge in [-0.15, -0.1) is 8.42 Å². The smallest absolute Gasteiger partial charge is 0.506 e. The van der Waals surface area contributed by atoms with E-state index in [0.717, 1.165) is 0 Å². The highest BCUT2D eigenvalue weighted by atomic mass is 32.3. The van der Waals surface area contributed by atoms with Crippen LogP contribution in [0.2, 0.25) is 0 Å². The minimum absolute atomic E-state index is 0.0233. The van der Waals surface area contributed by atoms with E-state index in [9.17, 15) is 28.2 Å². The van der Waals surface area contributed by atoms with Crippen LogP contribution in [0.15, 0.2) is 48.8 Å². The Bertz CT molecular complexity index is 1380. The van der Waals surface area contributed by atoms with E-state index < -0.39 is 34.4 Å². The Morgan fingerprint density at radius 1 is 0.788 bits per heavy atom. The summed E-state index contributed by atoms with van der Waals surface area (Å²) in [6, 6.07) is 5.41. The van der Waals surface area contributed by atoms with E-state index in [1.807, 2.05) is 0 Å². The maximum Gasteiger partial charge on any atom is 0.506 e. The lowest BCUT2D eigenvalue weighted by molar-refractivity contribution is -0.139. The van der Waals surface area contributed by atoms with Crippen molar-refractivity contribution in [3.8, 4) is 11.5 Å². The van der Waals surface area contributed by atoms with Crippen molar-refractivity contribution in [1.29, 1.82) is 0 Å². The van der Waals surface area contributed by atoms with Gasteiger partial charge in [0, 0.05) is 57.5 Å². The fraction of sp³-hybridized carbons (Fsp3) is 0.100. The number of aromatic hydroxyl groups is 2. The summed E-state index contributed by atoms with van der Waals surface area (Å²) in [6.45, 7) is 0. The SMILES string of the molecule is NC(C(=O)OS(=O)(=O)OC(=O)C(N)c1c[nH]c2cc(O)ccc12)c1c[nH]c2cc(O)ccc12. The summed E-state index contributed by atoms with van der Waals surface area (Å²) in [4.78, 5) is 30.2. The lowest BCUT2D eigenvalue weighted by Crippen LogP contribution is -2.31. The van der Waals surface area contributed by atoms with Crippen molar-refractivity contribution in [2.75, 3.05) is 0 Å². The average molecular weight is 474 g/mol. The molecule has 0 radical (unpaired) electrons. The minimum Gasteiger partial charge on any atom is -0.508 e. The van der Waals surface area contributed by atoms with Crippen molar-refractivity contribution < 1.29 is 36.6 Å². The molecule has 2 aromatic heterocycles. The normalized spacial score (nSPS) is 13.6. The zero-order valence-corrected chi connectivity index (χ0v) is 17.5. The molecule has 0 saturated heterocycles. The molecule has 2 atom stereocenters. The van der Waals surface area contributed by atoms with Crippen molar-refractivity contribution in [3.63, 3.8) is 0 Å². The van der Waals surface area contributed by atoms with Crippen LogP contribution in [0.3, 0.4) is 0 Å². The van der Waals surface area contributed by atoms with Crippen molar-refractivity contribution in [2.24, 2.45) is 11.5 Å². The number of nitrogens with one attached hydrogen (secondary N) is 2. The fourth-order valence-electron chi connectivity index (χ4n) is 3.36. The number of benzene rings is 2. The third-order valence-electron chi connectivity index (χ3n) is 4.94. The highest BCUT2D eigenvalue weighted by molar-refractivity contribution is 7.82. The van der Waals surface area contributed by atoms with Gasteiger partial charge in [-0.25, -0.2) is 9.59 Å². The second-order valence-corrected chi connectivity index (χ2v) is 8.27. The number of H-pyrrole nitrogens is 2. The zero-order chi connectivity index (χ0) is 23.9. The topological polar surface area (TPSA) is 211 Å². The number of carbonyl (C=O) groups excluding carboxylic acids is 2. The molecular weight excluding hydrogens is 456 g/mol. The zero-order valence-electron chi connectivity index (χ0n) is 16.7. The van der Waals surface area contributed by atoms with Crippen LogP contribution in [0.1, 0.15) is 23.2 Å². The largest absolute Gasteiger partial charge is 0.508 e. The summed E-state index contributed by atoms with van der Waals surface area (Å²) >= 11 is 0. The number of hydrogen-bond acceptors (Lipinski definition) is 10. The number of phenolic OH excluding ortho intramolecular Hbond substituents is 2. The molecule has 4 rings (SSSR count). The molecule has 0 spiro atoms. The van der Waals surface area contributed by atoms with E-state index in [-0.39, 0.29) is 22.6 Å². The van der Waals surface area contributed by atoms with Gasteiger partial charge in [-0.1, -0.05) is 0 Å². The van der Waals surface area contributed by atoms with E-state index in [1.54, 1.807) is 0 Å². The molecule has 8 N–H and O–H groups in total. The van der Waals surface area contributed by atoms with Gasteiger partial charge in [0.2, 0.25) is 0 Å². The van der Waals surface area contributed by atoms with Crippen LogP contribution in [-0.4, -0.2) is 40.5 Å². The molecule has 2 unspecified atom stereocenters. The summed E-state index contributed by atoms with van der Waals surface area (Å²) in [5, 5.41) is 19.9. The van der Waals surface area contributed by atoms with Crippen LogP contribution in [0.5, 0.6) is 11.5 Å². The third-order valence-corrected chi connectivity index (χ3v) is 5.68. The first-order valence-electron chi connectivity index (χ1n) is 9.38. The number of phenols is 2. The maximum atomic E-state index is 12.3. The average Bonchev–Trinajstić information content (AvgIpc) is 3.35. The monoisotopic (exact) mass is 474 g/mol. The predicted octanol–water partition coefficient (Wildman–Crippen LogP) is 1.09. The second kappa shape index (κ2) is 8.12. The van der Waals surface area contributed by atoms with Crippen molar-refractivity contribution in [2.45, 2.75) is 12.1 Å². The Kier molecular flexibility index (Phi) is 5.45. The molecule has 0 saturated carbocycles. The number of hydrogen-bond donors (Lipinski definition) is 6. The van der Waals surface area contributed by atoms with Crippen molar-refractivity contribution >= 4 is 44.1 Å². The Balaban J connectivity index is 1.47. The standard InChI is InChI=1S/C20H18N4O8S/c21-17(13-7-23-15-5-9(25)1-3-11(13)15)19(27)31-33(29,30)32-20(28)18(22)14-8-24-16-6-10(26)2-4-12(14)16/h1-8,17-18,23-26H,21-22H2. The van der Waals surface area contributed by atoms with Gasteiger partial charge in [0.25, 0.3) is 0 Å². The van der Waals surface area contributed by atoms with Crippen LogP contribution in [0.4, 0.5) is 0 Å². The molecule has 12 nitrogen and oxygen atoms in total. The van der Waals surface area contributed by atoms with Gasteiger partial charge >= 0.3 is 22.3 Å². The van der Waals surface area contributed by atoms with Crippen LogP contribution in [-0.2, 0) is 28.4 Å². The fourth-order valence-corrected chi connectivity index (χ4v) is 4.01. The van der Waals surface area contributed by atoms with Gasteiger partial charge in [0.1, 0.15) is 23.6 Å². The van der Waals surface area contributed by atoms with Crippen molar-refractivity contribution in [1.82, 2.24) is 9.97 Å². The lowest BCUT2D eigenvalue weighted by atomic mass is 10.1. The Morgan fingerprint density at radius 2 is 1.18 bits per heavy atom. The second-order valence-electron chi connectivity index (χ2n) is 7.12. The summed E-state index contributed by atoms with van der Waals surface area (Å²) in [5.74, 6) is -2.84. The molecule has 13 heteroatoms. The molecule has 0 aliphatic rings. The lowest BCUT2D eigenvalue weighted by Gasteiger charge is -2.13. The van der Waals surface area contributed by atoms with E-state index >= 15 is 0 Å². The van der Waals surface area contributed by atoms with Crippen LogP contribution in [0, 0.1) is 0 Å². The quantitative estimate of drug-likeness (QED) is 0.234. The summed E-state index contributed by atoms with van der Waals surface area (Å²) < 4.78 is 33.0. The van der Waals surface area contributed by atoms with Gasteiger partial charge < -0.3 is 40.0 Å². The molecule has 4 aromatic rings. The number of nitrogens with two attached hydrogens (primary N) is 2. The first-order valence-corrected chi connectivity index (χ1v) is 10.7. The van der Waals surface area contributed by atoms with Gasteiger partial charge in [-0.3, -0.25) is 0 Å². The van der Waals surface area contributed by atoms with E-state index in [0.29, 0.717) is 21.8 Å². The molecule has 0 aliphatic heterocycles. The van der Waals surface area contributed by atoms with Gasteiger partial charge in [-0.05, 0) is 24.3 Å². The Hall–Kier alpha value is -4.07. The van der Waals surface area contributed by atoms with E-state index in [4.69, 9.17) is 11.5 Å². The Labute approximate surface area is 186 Å². The molecule has 0 bridgehead atoms. The predicted molar refractivity (Wildman–Crippen MR) is 115 cm³/mol. The van der Waals surface area contributed by atoms with Gasteiger partial charge in [0.15, 0.2) is 0 Å². The van der Waals surface area contributed by atoms with Crippen LogP contribution < -0.4 is 11.5 Å². The number of fused-ring (bicyclic) bond motifs is 2. The molecule has 33 heavy (non-hydrogen) atoms. The maximum absolute atomic E-state index is 12.3. The molecule has 2 aromatic carbocycles. The van der Waals surface area contributed by atoms with Crippen molar-refractivity contribution in [3.05, 3.63) is 59.9 Å². The number of rotatable bonds is 6. The molecule has 0 fully saturated rings. The molecule has 172 valence electrons. The number of carbonyl (C=O) groups is 2. The van der Waals surface area contributed by atoms with Gasteiger partial charge in [-0.2, -0.15) is 0 Å². The first-order chi connectivity index (χ1) is 15.6. The summed E-state index contributed by atoms with van der Waals surface area (Å²) in [6.07, 6.45) is 2.72. The summed E-state index contributed by atoms with van der Waals surface area (Å²) in [7, 11) is -5.13.